The molecule has 4 rings (SSSR count). The van der Waals surface area contributed by atoms with E-state index in [9.17, 15) is 9.59 Å². The maximum absolute atomic E-state index is 12.8. The number of hydrogen-bond acceptors (Lipinski definition) is 3. The molecular weight excluding hydrogens is 421 g/mol. The van der Waals surface area contributed by atoms with E-state index < -0.39 is 0 Å². The zero-order valence-corrected chi connectivity index (χ0v) is 17.3. The van der Waals surface area contributed by atoms with Gasteiger partial charge in [-0.05, 0) is 23.3 Å². The maximum Gasteiger partial charge on any atom is 0.261 e. The van der Waals surface area contributed by atoms with Crippen LogP contribution in [0.2, 0.25) is 10.0 Å². The van der Waals surface area contributed by atoms with Gasteiger partial charge in [0.1, 0.15) is 6.54 Å². The molecule has 0 saturated carbocycles. The molecule has 7 heteroatoms. The van der Waals surface area contributed by atoms with E-state index in [1.807, 2.05) is 60.7 Å². The summed E-state index contributed by atoms with van der Waals surface area (Å²) in [6.07, 6.45) is 1.32. The molecule has 0 aliphatic heterocycles. The molecule has 1 amide bonds. The van der Waals surface area contributed by atoms with Crippen molar-refractivity contribution < 1.29 is 4.79 Å². The van der Waals surface area contributed by atoms with Crippen molar-refractivity contribution >= 4 is 40.0 Å². The fraction of sp³-hybridized carbons (Fsp3) is 0.0870. The second-order valence-electron chi connectivity index (χ2n) is 6.78. The Labute approximate surface area is 182 Å². The first kappa shape index (κ1) is 20.1. The van der Waals surface area contributed by atoms with Gasteiger partial charge in [-0.3, -0.25) is 14.2 Å². The molecule has 4 aromatic rings. The van der Waals surface area contributed by atoms with E-state index in [4.69, 9.17) is 23.2 Å². The van der Waals surface area contributed by atoms with Gasteiger partial charge < -0.3 is 5.32 Å². The first-order chi connectivity index (χ1) is 14.5. The fourth-order valence-electron chi connectivity index (χ4n) is 3.32. The van der Waals surface area contributed by atoms with E-state index in [0.29, 0.717) is 15.6 Å². The van der Waals surface area contributed by atoms with Crippen molar-refractivity contribution in [3.8, 4) is 0 Å². The minimum Gasteiger partial charge on any atom is -0.344 e. The van der Waals surface area contributed by atoms with Gasteiger partial charge in [0, 0.05) is 5.02 Å². The summed E-state index contributed by atoms with van der Waals surface area (Å²) in [5, 5.41) is 3.91. The lowest BCUT2D eigenvalue weighted by atomic mass is 9.99. The van der Waals surface area contributed by atoms with Crippen LogP contribution < -0.4 is 10.9 Å². The van der Waals surface area contributed by atoms with E-state index in [2.05, 4.69) is 10.3 Å². The summed E-state index contributed by atoms with van der Waals surface area (Å²) >= 11 is 12.1. The van der Waals surface area contributed by atoms with Gasteiger partial charge in [0.15, 0.2) is 0 Å². The molecule has 1 heterocycles. The Hall–Kier alpha value is -3.15. The summed E-state index contributed by atoms with van der Waals surface area (Å²) < 4.78 is 1.25. The number of carbonyl (C=O) groups is 1. The van der Waals surface area contributed by atoms with Crippen molar-refractivity contribution in [3.05, 3.63) is 111 Å². The number of nitrogens with one attached hydrogen (secondary N) is 1. The summed E-state index contributed by atoms with van der Waals surface area (Å²) in [5.41, 5.74) is 1.86. The number of rotatable bonds is 5. The van der Waals surface area contributed by atoms with E-state index >= 15 is 0 Å². The van der Waals surface area contributed by atoms with E-state index in [1.54, 1.807) is 0 Å². The first-order valence-electron chi connectivity index (χ1n) is 9.26. The Morgan fingerprint density at radius 2 is 1.57 bits per heavy atom. The molecule has 0 spiro atoms. The molecule has 0 fully saturated rings. The summed E-state index contributed by atoms with van der Waals surface area (Å²) in [6, 6.07) is 22.0. The highest BCUT2D eigenvalue weighted by Gasteiger charge is 2.18. The van der Waals surface area contributed by atoms with Gasteiger partial charge in [0.05, 0.1) is 28.3 Å². The molecule has 0 unspecified atom stereocenters. The van der Waals surface area contributed by atoms with Gasteiger partial charge in [-0.2, -0.15) is 0 Å². The Morgan fingerprint density at radius 1 is 0.967 bits per heavy atom. The molecule has 0 aliphatic rings. The number of amides is 1. The molecule has 3 aromatic carbocycles. The number of nitrogens with zero attached hydrogens (tertiary/aromatic N) is 2. The van der Waals surface area contributed by atoms with E-state index in [0.717, 1.165) is 11.1 Å². The van der Waals surface area contributed by atoms with Gasteiger partial charge in [-0.25, -0.2) is 4.98 Å². The third kappa shape index (κ3) is 4.22. The van der Waals surface area contributed by atoms with Gasteiger partial charge in [0.25, 0.3) is 5.56 Å². The molecule has 0 bridgehead atoms. The molecule has 0 radical (unpaired) electrons. The normalized spacial score (nSPS) is 11.0. The van der Waals surface area contributed by atoms with Crippen LogP contribution in [0.5, 0.6) is 0 Å². The van der Waals surface area contributed by atoms with Gasteiger partial charge in [-0.15, -0.1) is 0 Å². The second-order valence-corrected chi connectivity index (χ2v) is 7.63. The Kier molecular flexibility index (Phi) is 5.84. The Morgan fingerprint density at radius 3 is 2.17 bits per heavy atom. The van der Waals surface area contributed by atoms with Crippen LogP contribution in [0, 0.1) is 0 Å². The summed E-state index contributed by atoms with van der Waals surface area (Å²) in [5.74, 6) is -0.316. The van der Waals surface area contributed by atoms with Crippen LogP contribution >= 0.6 is 23.2 Å². The predicted octanol–water partition coefficient (Wildman–Crippen LogP) is 4.61. The lowest BCUT2D eigenvalue weighted by molar-refractivity contribution is -0.122. The van der Waals surface area contributed by atoms with Crippen LogP contribution in [0.3, 0.4) is 0 Å². The minimum absolute atomic E-state index is 0.178. The number of hydrogen-bond donors (Lipinski definition) is 1. The van der Waals surface area contributed by atoms with Crippen LogP contribution in [-0.2, 0) is 11.3 Å². The highest BCUT2D eigenvalue weighted by molar-refractivity contribution is 6.38. The smallest absolute Gasteiger partial charge is 0.261 e. The zero-order chi connectivity index (χ0) is 21.1. The lowest BCUT2D eigenvalue weighted by Crippen LogP contribution is -2.35. The summed E-state index contributed by atoms with van der Waals surface area (Å²) in [6.45, 7) is -0.178. The van der Waals surface area contributed by atoms with Crippen molar-refractivity contribution in [2.75, 3.05) is 0 Å². The number of benzene rings is 3. The minimum atomic E-state index is -0.379. The quantitative estimate of drug-likeness (QED) is 0.495. The molecule has 0 saturated heterocycles. The van der Waals surface area contributed by atoms with Crippen LogP contribution in [0.4, 0.5) is 0 Å². The monoisotopic (exact) mass is 437 g/mol. The van der Waals surface area contributed by atoms with Crippen LogP contribution in [0.1, 0.15) is 17.2 Å². The third-order valence-corrected chi connectivity index (χ3v) is 5.24. The number of fused-ring (bicyclic) bond motifs is 1. The van der Waals surface area contributed by atoms with E-state index in [1.165, 1.54) is 23.0 Å². The van der Waals surface area contributed by atoms with Crippen molar-refractivity contribution in [3.63, 3.8) is 0 Å². The largest absolute Gasteiger partial charge is 0.344 e. The van der Waals surface area contributed by atoms with E-state index in [-0.39, 0.29) is 29.4 Å². The fourth-order valence-corrected chi connectivity index (χ4v) is 3.86. The molecule has 30 heavy (non-hydrogen) atoms. The maximum atomic E-state index is 12.8. The predicted molar refractivity (Wildman–Crippen MR) is 119 cm³/mol. The molecule has 1 N–H and O–H groups in total. The van der Waals surface area contributed by atoms with Gasteiger partial charge in [0.2, 0.25) is 5.91 Å². The Balaban J connectivity index is 1.63. The number of halogens is 2. The Bertz CT molecular complexity index is 1220. The first-order valence-corrected chi connectivity index (χ1v) is 10.0. The third-order valence-electron chi connectivity index (χ3n) is 4.73. The summed E-state index contributed by atoms with van der Waals surface area (Å²) in [7, 11) is 0. The topological polar surface area (TPSA) is 64.0 Å². The number of aromatic nitrogens is 2. The highest BCUT2D eigenvalue weighted by Crippen LogP contribution is 2.24. The van der Waals surface area contributed by atoms with Crippen LogP contribution in [0.25, 0.3) is 10.9 Å². The zero-order valence-electron chi connectivity index (χ0n) is 15.8. The van der Waals surface area contributed by atoms with Gasteiger partial charge >= 0.3 is 0 Å². The highest BCUT2D eigenvalue weighted by atomic mass is 35.5. The summed E-state index contributed by atoms with van der Waals surface area (Å²) in [4.78, 5) is 29.9. The number of carbonyl (C=O) groups excluding carboxylic acids is 1. The molecule has 150 valence electrons. The van der Waals surface area contributed by atoms with Crippen molar-refractivity contribution in [2.24, 2.45) is 0 Å². The molecule has 0 atom stereocenters. The average molecular weight is 438 g/mol. The van der Waals surface area contributed by atoms with Gasteiger partial charge in [-0.1, -0.05) is 83.9 Å². The average Bonchev–Trinajstić information content (AvgIpc) is 2.75. The van der Waals surface area contributed by atoms with Crippen molar-refractivity contribution in [1.29, 1.82) is 0 Å². The van der Waals surface area contributed by atoms with Crippen LogP contribution in [-0.4, -0.2) is 15.5 Å². The molecule has 1 aromatic heterocycles. The molecular formula is C23H17Cl2N3O2. The van der Waals surface area contributed by atoms with Crippen LogP contribution in [0.15, 0.2) is 83.9 Å². The standard InChI is InChI=1S/C23H17Cl2N3O2/c24-17-11-18-22(19(25)12-17)26-14-28(23(18)30)13-20(29)27-21(15-7-3-1-4-8-15)16-9-5-2-6-10-16/h1-12,14,21H,13H2,(H,27,29). The van der Waals surface area contributed by atoms with Crippen molar-refractivity contribution in [1.82, 2.24) is 14.9 Å². The molecule has 5 nitrogen and oxygen atoms in total. The SMILES string of the molecule is O=C(Cn1cnc2c(Cl)cc(Cl)cc2c1=O)NC(c1ccccc1)c1ccccc1. The molecule has 0 aliphatic carbocycles. The lowest BCUT2D eigenvalue weighted by Gasteiger charge is -2.20. The second kappa shape index (κ2) is 8.69. The van der Waals surface area contributed by atoms with Crippen molar-refractivity contribution in [2.45, 2.75) is 12.6 Å².